The van der Waals surface area contributed by atoms with Gasteiger partial charge in [0, 0.05) is 6.08 Å². The predicted octanol–water partition coefficient (Wildman–Crippen LogP) is 5.43. The lowest BCUT2D eigenvalue weighted by Gasteiger charge is -2.09. The number of rotatable bonds is 5. The molecule has 1 amide bonds. The second-order valence-corrected chi connectivity index (χ2v) is 5.97. The van der Waals surface area contributed by atoms with Crippen molar-refractivity contribution in [2.75, 3.05) is 5.32 Å². The number of benzene rings is 2. The second-order valence-electron chi connectivity index (χ2n) is 5.15. The second kappa shape index (κ2) is 8.04. The van der Waals surface area contributed by atoms with Gasteiger partial charge in [-0.25, -0.2) is 0 Å². The zero-order valence-corrected chi connectivity index (χ0v) is 14.4. The number of carbonyl (C=O) groups excluding carboxylic acids is 1. The largest absolute Gasteiger partial charge is 0.491 e. The van der Waals surface area contributed by atoms with Crippen molar-refractivity contribution in [2.24, 2.45) is 0 Å². The maximum absolute atomic E-state index is 12.0. The van der Waals surface area contributed by atoms with Crippen molar-refractivity contribution in [1.29, 1.82) is 0 Å². The van der Waals surface area contributed by atoms with E-state index in [2.05, 4.69) is 5.32 Å². The summed E-state index contributed by atoms with van der Waals surface area (Å²) in [6.45, 7) is 3.94. The van der Waals surface area contributed by atoms with Crippen LogP contribution in [0.4, 0.5) is 5.69 Å². The van der Waals surface area contributed by atoms with Gasteiger partial charge in [0.1, 0.15) is 5.75 Å². The lowest BCUT2D eigenvalue weighted by atomic mass is 10.2. The molecule has 0 saturated carbocycles. The van der Waals surface area contributed by atoms with Crippen LogP contribution in [0.2, 0.25) is 10.0 Å². The van der Waals surface area contributed by atoms with Gasteiger partial charge in [-0.05, 0) is 49.8 Å². The van der Waals surface area contributed by atoms with Gasteiger partial charge in [0.05, 0.1) is 21.8 Å². The minimum Gasteiger partial charge on any atom is -0.491 e. The van der Waals surface area contributed by atoms with Gasteiger partial charge in [0.25, 0.3) is 0 Å². The Morgan fingerprint density at radius 1 is 1.09 bits per heavy atom. The molecule has 2 rings (SSSR count). The highest BCUT2D eigenvalue weighted by Gasteiger charge is 2.07. The SMILES string of the molecule is CC(C)Oc1ccc(C=CC(=O)Nc2c(Cl)cccc2Cl)cc1. The maximum atomic E-state index is 12.0. The minimum atomic E-state index is -0.303. The van der Waals surface area contributed by atoms with Crippen LogP contribution in [0, 0.1) is 0 Å². The highest BCUT2D eigenvalue weighted by atomic mass is 35.5. The molecule has 0 aliphatic heterocycles. The van der Waals surface area contributed by atoms with Crippen molar-refractivity contribution in [1.82, 2.24) is 0 Å². The van der Waals surface area contributed by atoms with E-state index in [1.54, 1.807) is 24.3 Å². The standard InChI is InChI=1S/C18H17Cl2NO2/c1-12(2)23-14-9-6-13(7-10-14)8-11-17(22)21-18-15(19)4-3-5-16(18)20/h3-12H,1-2H3,(H,21,22). The number of carbonyl (C=O) groups is 1. The summed E-state index contributed by atoms with van der Waals surface area (Å²) in [7, 11) is 0. The van der Waals surface area contributed by atoms with Crippen LogP contribution in [0.3, 0.4) is 0 Å². The third-order valence-corrected chi connectivity index (χ3v) is 3.52. The molecule has 5 heteroatoms. The van der Waals surface area contributed by atoms with Gasteiger partial charge in [-0.3, -0.25) is 4.79 Å². The topological polar surface area (TPSA) is 38.3 Å². The fourth-order valence-corrected chi connectivity index (χ4v) is 2.38. The van der Waals surface area contributed by atoms with Crippen molar-refractivity contribution in [3.8, 4) is 5.75 Å². The molecule has 0 atom stereocenters. The molecule has 0 radical (unpaired) electrons. The summed E-state index contributed by atoms with van der Waals surface area (Å²) >= 11 is 12.0. The summed E-state index contributed by atoms with van der Waals surface area (Å²) in [5.41, 5.74) is 1.30. The third-order valence-electron chi connectivity index (χ3n) is 2.89. The Morgan fingerprint density at radius 3 is 2.26 bits per heavy atom. The van der Waals surface area contributed by atoms with Crippen LogP contribution >= 0.6 is 23.2 Å². The zero-order chi connectivity index (χ0) is 16.8. The number of para-hydroxylation sites is 1. The van der Waals surface area contributed by atoms with E-state index in [9.17, 15) is 4.79 Å². The Morgan fingerprint density at radius 2 is 1.70 bits per heavy atom. The number of ether oxygens (including phenoxy) is 1. The van der Waals surface area contributed by atoms with E-state index < -0.39 is 0 Å². The molecule has 2 aromatic rings. The summed E-state index contributed by atoms with van der Waals surface area (Å²) in [6.07, 6.45) is 3.26. The average molecular weight is 350 g/mol. The maximum Gasteiger partial charge on any atom is 0.248 e. The first-order chi connectivity index (χ1) is 11.0. The molecule has 0 spiro atoms. The summed E-state index contributed by atoms with van der Waals surface area (Å²) in [5, 5.41) is 3.47. The molecule has 0 saturated heterocycles. The quantitative estimate of drug-likeness (QED) is 0.730. The van der Waals surface area contributed by atoms with Crippen molar-refractivity contribution in [3.05, 3.63) is 64.1 Å². The van der Waals surface area contributed by atoms with Crippen LogP contribution in [0.25, 0.3) is 6.08 Å². The Balaban J connectivity index is 2.01. The molecular weight excluding hydrogens is 333 g/mol. The highest BCUT2D eigenvalue weighted by molar-refractivity contribution is 6.39. The fraction of sp³-hybridized carbons (Fsp3) is 0.167. The summed E-state index contributed by atoms with van der Waals surface area (Å²) < 4.78 is 5.57. The molecule has 0 unspecified atom stereocenters. The first-order valence-corrected chi connectivity index (χ1v) is 7.91. The van der Waals surface area contributed by atoms with Crippen LogP contribution in [0.15, 0.2) is 48.5 Å². The van der Waals surface area contributed by atoms with Crippen LogP contribution < -0.4 is 10.1 Å². The van der Waals surface area contributed by atoms with Crippen molar-refractivity contribution < 1.29 is 9.53 Å². The van der Waals surface area contributed by atoms with Gasteiger partial charge in [-0.1, -0.05) is 41.4 Å². The molecule has 0 bridgehead atoms. The first-order valence-electron chi connectivity index (χ1n) is 7.15. The Kier molecular flexibility index (Phi) is 6.08. The van der Waals surface area contributed by atoms with E-state index in [1.807, 2.05) is 38.1 Å². The molecule has 0 fully saturated rings. The fourth-order valence-electron chi connectivity index (χ4n) is 1.88. The smallest absolute Gasteiger partial charge is 0.248 e. The van der Waals surface area contributed by atoms with Gasteiger partial charge in [0.2, 0.25) is 5.91 Å². The average Bonchev–Trinajstić information content (AvgIpc) is 2.50. The van der Waals surface area contributed by atoms with E-state index in [0.717, 1.165) is 11.3 Å². The Labute approximate surface area is 145 Å². The molecular formula is C18H17Cl2NO2. The molecule has 23 heavy (non-hydrogen) atoms. The minimum absolute atomic E-state index is 0.127. The molecule has 120 valence electrons. The van der Waals surface area contributed by atoms with Crippen molar-refractivity contribution in [3.63, 3.8) is 0 Å². The van der Waals surface area contributed by atoms with Crippen molar-refractivity contribution >= 4 is 40.9 Å². The van der Waals surface area contributed by atoms with Gasteiger partial charge in [0.15, 0.2) is 0 Å². The Hall–Kier alpha value is -1.97. The van der Waals surface area contributed by atoms with Gasteiger partial charge in [-0.2, -0.15) is 0 Å². The van der Waals surface area contributed by atoms with Crippen LogP contribution in [0.5, 0.6) is 5.75 Å². The number of hydrogen-bond donors (Lipinski definition) is 1. The highest BCUT2D eigenvalue weighted by Crippen LogP contribution is 2.29. The van der Waals surface area contributed by atoms with Gasteiger partial charge < -0.3 is 10.1 Å². The van der Waals surface area contributed by atoms with E-state index in [1.165, 1.54) is 6.08 Å². The van der Waals surface area contributed by atoms with E-state index in [4.69, 9.17) is 27.9 Å². The lowest BCUT2D eigenvalue weighted by Crippen LogP contribution is -2.08. The molecule has 2 aromatic carbocycles. The molecule has 0 aliphatic rings. The number of amides is 1. The monoisotopic (exact) mass is 349 g/mol. The number of nitrogens with one attached hydrogen (secondary N) is 1. The summed E-state index contributed by atoms with van der Waals surface area (Å²) in [4.78, 5) is 12.0. The van der Waals surface area contributed by atoms with Crippen LogP contribution in [0.1, 0.15) is 19.4 Å². The van der Waals surface area contributed by atoms with E-state index in [-0.39, 0.29) is 12.0 Å². The van der Waals surface area contributed by atoms with Crippen LogP contribution in [-0.4, -0.2) is 12.0 Å². The van der Waals surface area contributed by atoms with Gasteiger partial charge >= 0.3 is 0 Å². The number of anilines is 1. The molecule has 0 heterocycles. The number of hydrogen-bond acceptors (Lipinski definition) is 2. The van der Waals surface area contributed by atoms with E-state index in [0.29, 0.717) is 15.7 Å². The van der Waals surface area contributed by atoms with Crippen LogP contribution in [-0.2, 0) is 4.79 Å². The molecule has 3 nitrogen and oxygen atoms in total. The molecule has 0 aliphatic carbocycles. The predicted molar refractivity (Wildman–Crippen MR) is 96.3 cm³/mol. The first kappa shape index (κ1) is 17.4. The normalized spacial score (nSPS) is 11.0. The zero-order valence-electron chi connectivity index (χ0n) is 12.8. The molecule has 0 aromatic heterocycles. The third kappa shape index (κ3) is 5.31. The Bertz CT molecular complexity index is 689. The van der Waals surface area contributed by atoms with Gasteiger partial charge in [-0.15, -0.1) is 0 Å². The number of halogens is 2. The lowest BCUT2D eigenvalue weighted by molar-refractivity contribution is -0.111. The summed E-state index contributed by atoms with van der Waals surface area (Å²) in [5.74, 6) is 0.493. The van der Waals surface area contributed by atoms with E-state index >= 15 is 0 Å². The molecule has 1 N–H and O–H groups in total. The van der Waals surface area contributed by atoms with Crippen molar-refractivity contribution in [2.45, 2.75) is 20.0 Å². The summed E-state index contributed by atoms with van der Waals surface area (Å²) in [6, 6.07) is 12.5.